The van der Waals surface area contributed by atoms with Gasteiger partial charge in [-0.05, 0) is 41.9 Å². The van der Waals surface area contributed by atoms with E-state index in [1.54, 1.807) is 11.2 Å². The quantitative estimate of drug-likeness (QED) is 0.441. The largest absolute Gasteiger partial charge is 0.467 e. The molecule has 1 amide bonds. The van der Waals surface area contributed by atoms with Crippen molar-refractivity contribution in [3.63, 3.8) is 0 Å². The molecule has 1 heterocycles. The maximum Gasteiger partial charge on any atom is 0.246 e. The van der Waals surface area contributed by atoms with Crippen LogP contribution in [0, 0.1) is 0 Å². The second kappa shape index (κ2) is 8.72. The predicted octanol–water partition coefficient (Wildman–Crippen LogP) is 5.56. The molecule has 5 heteroatoms. The Labute approximate surface area is 164 Å². The third kappa shape index (κ3) is 5.68. The van der Waals surface area contributed by atoms with E-state index in [0.717, 1.165) is 11.3 Å². The maximum atomic E-state index is 12.5. The van der Waals surface area contributed by atoms with E-state index < -0.39 is 8.32 Å². The maximum absolute atomic E-state index is 12.5. The lowest BCUT2D eigenvalue weighted by atomic mass is 10.2. The fraction of sp³-hybridized carbons (Fsp3) is 0.409. The van der Waals surface area contributed by atoms with Crippen molar-refractivity contribution in [1.82, 2.24) is 4.90 Å². The van der Waals surface area contributed by atoms with Crippen LogP contribution in [-0.4, -0.2) is 25.7 Å². The molecule has 146 valence electrons. The van der Waals surface area contributed by atoms with Gasteiger partial charge in [0.05, 0.1) is 12.8 Å². The number of carbonyl (C=O) groups excluding carboxylic acids is 1. The van der Waals surface area contributed by atoms with Crippen molar-refractivity contribution in [2.45, 2.75) is 51.6 Å². The molecule has 1 atom stereocenters. The molecule has 0 saturated carbocycles. The average Bonchev–Trinajstić information content (AvgIpc) is 3.14. The smallest absolute Gasteiger partial charge is 0.246 e. The SMILES string of the molecule is C=CC(=O)N(Cc1ccccc1)C[C@H](O[Si](C)(C)C(C)(C)C)c1ccco1. The van der Waals surface area contributed by atoms with Crippen molar-refractivity contribution in [3.05, 3.63) is 72.7 Å². The Morgan fingerprint density at radius 3 is 2.41 bits per heavy atom. The van der Waals surface area contributed by atoms with E-state index in [1.165, 1.54) is 6.08 Å². The molecule has 4 nitrogen and oxygen atoms in total. The van der Waals surface area contributed by atoms with Crippen LogP contribution in [0.3, 0.4) is 0 Å². The minimum Gasteiger partial charge on any atom is -0.467 e. The molecule has 27 heavy (non-hydrogen) atoms. The first kappa shape index (κ1) is 21.2. The molecule has 0 unspecified atom stereocenters. The normalized spacial score (nSPS) is 13.2. The van der Waals surface area contributed by atoms with Gasteiger partial charge in [0.25, 0.3) is 0 Å². The van der Waals surface area contributed by atoms with Crippen molar-refractivity contribution < 1.29 is 13.6 Å². The Kier molecular flexibility index (Phi) is 6.84. The van der Waals surface area contributed by atoms with Gasteiger partial charge in [0.1, 0.15) is 11.9 Å². The van der Waals surface area contributed by atoms with Gasteiger partial charge in [-0.25, -0.2) is 0 Å². The van der Waals surface area contributed by atoms with Gasteiger partial charge in [0.2, 0.25) is 5.91 Å². The Balaban J connectivity index is 2.27. The molecular weight excluding hydrogens is 354 g/mol. The molecular formula is C22H31NO3Si. The molecule has 1 aromatic carbocycles. The van der Waals surface area contributed by atoms with Crippen molar-refractivity contribution in [1.29, 1.82) is 0 Å². The lowest BCUT2D eigenvalue weighted by molar-refractivity contribution is -0.128. The number of hydrogen-bond acceptors (Lipinski definition) is 3. The van der Waals surface area contributed by atoms with Crippen LogP contribution in [0.5, 0.6) is 0 Å². The summed E-state index contributed by atoms with van der Waals surface area (Å²) in [4.78, 5) is 14.3. The van der Waals surface area contributed by atoms with Gasteiger partial charge in [0.15, 0.2) is 8.32 Å². The van der Waals surface area contributed by atoms with E-state index in [1.807, 2.05) is 42.5 Å². The van der Waals surface area contributed by atoms with Crippen molar-refractivity contribution in [2.24, 2.45) is 0 Å². The summed E-state index contributed by atoms with van der Waals surface area (Å²) in [6.45, 7) is 15.6. The van der Waals surface area contributed by atoms with Gasteiger partial charge in [-0.2, -0.15) is 0 Å². The summed E-state index contributed by atoms with van der Waals surface area (Å²) in [6, 6.07) is 13.7. The first-order valence-corrected chi connectivity index (χ1v) is 12.2. The summed E-state index contributed by atoms with van der Waals surface area (Å²) >= 11 is 0. The zero-order valence-corrected chi connectivity index (χ0v) is 18.1. The van der Waals surface area contributed by atoms with Crippen LogP contribution in [0.2, 0.25) is 18.1 Å². The van der Waals surface area contributed by atoms with E-state index in [0.29, 0.717) is 13.1 Å². The summed E-state index contributed by atoms with van der Waals surface area (Å²) in [7, 11) is -2.05. The third-order valence-electron chi connectivity index (χ3n) is 5.19. The van der Waals surface area contributed by atoms with E-state index in [9.17, 15) is 4.79 Å². The highest BCUT2D eigenvalue weighted by atomic mass is 28.4. The number of hydrogen-bond donors (Lipinski definition) is 0. The van der Waals surface area contributed by atoms with Gasteiger partial charge >= 0.3 is 0 Å². The van der Waals surface area contributed by atoms with Gasteiger partial charge in [-0.1, -0.05) is 57.7 Å². The lowest BCUT2D eigenvalue weighted by Gasteiger charge is -2.39. The van der Waals surface area contributed by atoms with E-state index in [-0.39, 0.29) is 17.0 Å². The van der Waals surface area contributed by atoms with Gasteiger partial charge in [0, 0.05) is 6.54 Å². The van der Waals surface area contributed by atoms with Gasteiger partial charge in [-0.3, -0.25) is 4.79 Å². The second-order valence-corrected chi connectivity index (χ2v) is 13.0. The Morgan fingerprint density at radius 2 is 1.89 bits per heavy atom. The fourth-order valence-corrected chi connectivity index (χ4v) is 3.81. The summed E-state index contributed by atoms with van der Waals surface area (Å²) < 4.78 is 12.3. The van der Waals surface area contributed by atoms with Crippen LogP contribution < -0.4 is 0 Å². The molecule has 0 N–H and O–H groups in total. The number of carbonyl (C=O) groups is 1. The number of nitrogens with zero attached hydrogens (tertiary/aromatic N) is 1. The predicted molar refractivity (Wildman–Crippen MR) is 112 cm³/mol. The zero-order valence-electron chi connectivity index (χ0n) is 17.1. The number of amides is 1. The van der Waals surface area contributed by atoms with E-state index in [4.69, 9.17) is 8.84 Å². The summed E-state index contributed by atoms with van der Waals surface area (Å²) in [5, 5.41) is 0.0601. The Morgan fingerprint density at radius 1 is 1.22 bits per heavy atom. The van der Waals surface area contributed by atoms with E-state index >= 15 is 0 Å². The van der Waals surface area contributed by atoms with Crippen LogP contribution >= 0.6 is 0 Å². The minimum absolute atomic E-state index is 0.0601. The topological polar surface area (TPSA) is 42.7 Å². The van der Waals surface area contributed by atoms with Crippen LogP contribution in [-0.2, 0) is 15.8 Å². The highest BCUT2D eigenvalue weighted by Gasteiger charge is 2.40. The minimum atomic E-state index is -2.05. The molecule has 0 bridgehead atoms. The highest BCUT2D eigenvalue weighted by molar-refractivity contribution is 6.74. The van der Waals surface area contributed by atoms with Crippen molar-refractivity contribution in [2.75, 3.05) is 6.54 Å². The fourth-order valence-electron chi connectivity index (χ4n) is 2.56. The third-order valence-corrected chi connectivity index (χ3v) is 9.68. The molecule has 0 aliphatic rings. The van der Waals surface area contributed by atoms with Crippen LogP contribution in [0.1, 0.15) is 38.2 Å². The number of benzene rings is 1. The molecule has 0 aliphatic heterocycles. The van der Waals surface area contributed by atoms with Gasteiger partial charge < -0.3 is 13.7 Å². The monoisotopic (exact) mass is 385 g/mol. The number of rotatable bonds is 8. The zero-order chi connectivity index (χ0) is 20.1. The van der Waals surface area contributed by atoms with Crippen LogP contribution in [0.4, 0.5) is 0 Å². The summed E-state index contributed by atoms with van der Waals surface area (Å²) in [5.41, 5.74) is 1.07. The molecule has 0 fully saturated rings. The second-order valence-electron chi connectivity index (χ2n) is 8.29. The Bertz CT molecular complexity index is 733. The highest BCUT2D eigenvalue weighted by Crippen LogP contribution is 2.40. The average molecular weight is 386 g/mol. The molecule has 0 saturated heterocycles. The molecule has 0 aliphatic carbocycles. The number of furan rings is 1. The van der Waals surface area contributed by atoms with Crippen molar-refractivity contribution in [3.8, 4) is 0 Å². The summed E-state index contributed by atoms with van der Waals surface area (Å²) in [6.07, 6.45) is 2.69. The van der Waals surface area contributed by atoms with Crippen molar-refractivity contribution >= 4 is 14.2 Å². The first-order chi connectivity index (χ1) is 12.6. The molecule has 2 rings (SSSR count). The first-order valence-electron chi connectivity index (χ1n) is 9.30. The molecule has 1 aromatic heterocycles. The lowest BCUT2D eigenvalue weighted by Crippen LogP contribution is -2.44. The Hall–Kier alpha value is -2.11. The molecule has 0 radical (unpaired) electrons. The standard InChI is InChI=1S/C22H31NO3Si/c1-7-21(24)23(16-18-12-9-8-10-13-18)17-20(19-14-11-15-25-19)26-27(5,6)22(2,3)4/h7-15,20H,1,16-17H2,2-6H3/t20-/m0/s1. The molecule has 0 spiro atoms. The van der Waals surface area contributed by atoms with Crippen LogP contribution in [0.15, 0.2) is 65.8 Å². The van der Waals surface area contributed by atoms with Gasteiger partial charge in [-0.15, -0.1) is 0 Å². The van der Waals surface area contributed by atoms with Crippen LogP contribution in [0.25, 0.3) is 0 Å². The molecule has 2 aromatic rings. The summed E-state index contributed by atoms with van der Waals surface area (Å²) in [5.74, 6) is 0.629. The van der Waals surface area contributed by atoms with E-state index in [2.05, 4.69) is 40.4 Å².